The van der Waals surface area contributed by atoms with Crippen LogP contribution in [0.25, 0.3) is 6.08 Å². The minimum Gasteiger partial charge on any atom is -0.266 e. The maximum absolute atomic E-state index is 13.0. The van der Waals surface area contributed by atoms with Gasteiger partial charge in [0.2, 0.25) is 0 Å². The molecule has 0 spiro atoms. The SMILES string of the molecule is O=C1/C(=C\c2cccc(Cl)c2)N=C(c2ccccc2)N1c1ccccn1. The Balaban J connectivity index is 1.82. The van der Waals surface area contributed by atoms with E-state index < -0.39 is 0 Å². The van der Waals surface area contributed by atoms with Crippen molar-refractivity contribution in [1.29, 1.82) is 0 Å². The summed E-state index contributed by atoms with van der Waals surface area (Å²) >= 11 is 6.05. The summed E-state index contributed by atoms with van der Waals surface area (Å²) in [5, 5.41) is 0.610. The molecule has 0 saturated heterocycles. The zero-order chi connectivity index (χ0) is 17.9. The van der Waals surface area contributed by atoms with Crippen molar-refractivity contribution >= 4 is 35.2 Å². The lowest BCUT2D eigenvalue weighted by molar-refractivity contribution is -0.113. The Morgan fingerprint density at radius 3 is 2.46 bits per heavy atom. The second-order valence-electron chi connectivity index (χ2n) is 5.71. The van der Waals surface area contributed by atoms with Gasteiger partial charge in [0.15, 0.2) is 0 Å². The van der Waals surface area contributed by atoms with Gasteiger partial charge in [0, 0.05) is 16.8 Å². The molecule has 0 aliphatic carbocycles. The number of aromatic nitrogens is 1. The van der Waals surface area contributed by atoms with Crippen molar-refractivity contribution in [3.63, 3.8) is 0 Å². The number of halogens is 1. The number of pyridine rings is 1. The molecule has 126 valence electrons. The number of aliphatic imine (C=N–C) groups is 1. The number of carbonyl (C=O) groups excluding carboxylic acids is 1. The highest BCUT2D eigenvalue weighted by Gasteiger charge is 2.33. The van der Waals surface area contributed by atoms with Crippen molar-refractivity contribution in [2.24, 2.45) is 4.99 Å². The normalized spacial score (nSPS) is 15.4. The largest absolute Gasteiger partial charge is 0.283 e. The van der Waals surface area contributed by atoms with E-state index >= 15 is 0 Å². The second kappa shape index (κ2) is 6.94. The van der Waals surface area contributed by atoms with E-state index in [1.54, 1.807) is 30.5 Å². The monoisotopic (exact) mass is 359 g/mol. The first-order chi connectivity index (χ1) is 12.7. The van der Waals surface area contributed by atoms with Crippen LogP contribution in [-0.4, -0.2) is 16.7 Å². The summed E-state index contributed by atoms with van der Waals surface area (Å²) in [5.41, 5.74) is 2.01. The molecular formula is C21H14ClN3O. The standard InChI is InChI=1S/C21H14ClN3O/c22-17-10-6-7-15(13-17)14-18-21(26)25(19-11-4-5-12-23-19)20(24-18)16-8-2-1-3-9-16/h1-14H/b18-14+. The number of amidine groups is 1. The molecule has 0 N–H and O–H groups in total. The summed E-state index contributed by atoms with van der Waals surface area (Å²) in [6.45, 7) is 0. The van der Waals surface area contributed by atoms with E-state index in [0.717, 1.165) is 11.1 Å². The number of amides is 1. The van der Waals surface area contributed by atoms with Crippen molar-refractivity contribution in [1.82, 2.24) is 4.98 Å². The second-order valence-corrected chi connectivity index (χ2v) is 6.15. The molecule has 4 rings (SSSR count). The lowest BCUT2D eigenvalue weighted by atomic mass is 10.2. The number of rotatable bonds is 3. The molecule has 4 nitrogen and oxygen atoms in total. The van der Waals surface area contributed by atoms with Gasteiger partial charge in [-0.25, -0.2) is 14.9 Å². The van der Waals surface area contributed by atoms with E-state index in [4.69, 9.17) is 11.6 Å². The molecule has 5 heteroatoms. The van der Waals surface area contributed by atoms with E-state index in [1.165, 1.54) is 4.90 Å². The van der Waals surface area contributed by atoms with Crippen LogP contribution in [0.2, 0.25) is 5.02 Å². The number of hydrogen-bond acceptors (Lipinski definition) is 3. The molecule has 0 fully saturated rings. The molecule has 0 bridgehead atoms. The molecule has 0 saturated carbocycles. The van der Waals surface area contributed by atoms with Gasteiger partial charge in [-0.2, -0.15) is 0 Å². The third-order valence-corrected chi connectivity index (χ3v) is 4.16. The molecule has 2 heterocycles. The fourth-order valence-corrected chi connectivity index (χ4v) is 2.95. The number of hydrogen-bond donors (Lipinski definition) is 0. The van der Waals surface area contributed by atoms with Gasteiger partial charge in [-0.3, -0.25) is 4.79 Å². The van der Waals surface area contributed by atoms with E-state index in [1.807, 2.05) is 54.6 Å². The summed E-state index contributed by atoms with van der Waals surface area (Å²) in [6, 6.07) is 22.3. The van der Waals surface area contributed by atoms with Gasteiger partial charge in [0.05, 0.1) is 0 Å². The van der Waals surface area contributed by atoms with Gasteiger partial charge in [0.25, 0.3) is 5.91 Å². The maximum atomic E-state index is 13.0. The van der Waals surface area contributed by atoms with Crippen LogP contribution in [0.3, 0.4) is 0 Å². The predicted molar refractivity (Wildman–Crippen MR) is 104 cm³/mol. The first-order valence-corrected chi connectivity index (χ1v) is 8.47. The molecule has 1 amide bonds. The molecule has 1 aliphatic heterocycles. The zero-order valence-electron chi connectivity index (χ0n) is 13.7. The summed E-state index contributed by atoms with van der Waals surface area (Å²) < 4.78 is 0. The molecule has 2 aromatic carbocycles. The molecule has 1 aromatic heterocycles. The van der Waals surface area contributed by atoms with E-state index in [2.05, 4.69) is 9.98 Å². The van der Waals surface area contributed by atoms with E-state index in [0.29, 0.717) is 22.4 Å². The smallest absolute Gasteiger partial charge is 0.266 e. The highest BCUT2D eigenvalue weighted by molar-refractivity contribution is 6.33. The lowest BCUT2D eigenvalue weighted by Crippen LogP contribution is -2.33. The Morgan fingerprint density at radius 2 is 1.73 bits per heavy atom. The summed E-state index contributed by atoms with van der Waals surface area (Å²) in [6.07, 6.45) is 3.39. The summed E-state index contributed by atoms with van der Waals surface area (Å²) in [7, 11) is 0. The van der Waals surface area contributed by atoms with Gasteiger partial charge >= 0.3 is 0 Å². The van der Waals surface area contributed by atoms with Crippen molar-refractivity contribution in [2.75, 3.05) is 4.90 Å². The van der Waals surface area contributed by atoms with Crippen molar-refractivity contribution < 1.29 is 4.79 Å². The molecule has 26 heavy (non-hydrogen) atoms. The molecule has 3 aromatic rings. The number of anilines is 1. The molecule has 1 aliphatic rings. The number of nitrogens with zero attached hydrogens (tertiary/aromatic N) is 3. The first-order valence-electron chi connectivity index (χ1n) is 8.09. The highest BCUT2D eigenvalue weighted by Crippen LogP contribution is 2.26. The van der Waals surface area contributed by atoms with Crippen LogP contribution in [-0.2, 0) is 4.79 Å². The quantitative estimate of drug-likeness (QED) is 0.643. The summed E-state index contributed by atoms with van der Waals surface area (Å²) in [4.78, 5) is 23.5. The van der Waals surface area contributed by atoms with Crippen molar-refractivity contribution in [3.8, 4) is 0 Å². The maximum Gasteiger partial charge on any atom is 0.283 e. The Kier molecular flexibility index (Phi) is 4.33. The van der Waals surface area contributed by atoms with Crippen molar-refractivity contribution in [3.05, 3.63) is 101 Å². The third-order valence-electron chi connectivity index (χ3n) is 3.92. The third kappa shape index (κ3) is 3.15. The van der Waals surface area contributed by atoms with Gasteiger partial charge in [-0.15, -0.1) is 0 Å². The van der Waals surface area contributed by atoms with Crippen LogP contribution in [0.5, 0.6) is 0 Å². The average molecular weight is 360 g/mol. The summed E-state index contributed by atoms with van der Waals surface area (Å²) in [5.74, 6) is 0.875. The van der Waals surface area contributed by atoms with Crippen LogP contribution in [0, 0.1) is 0 Å². The minimum atomic E-state index is -0.220. The Labute approximate surface area is 156 Å². The van der Waals surface area contributed by atoms with Crippen LogP contribution in [0.1, 0.15) is 11.1 Å². The van der Waals surface area contributed by atoms with Gasteiger partial charge in [-0.05, 0) is 35.9 Å². The molecule has 0 unspecified atom stereocenters. The van der Waals surface area contributed by atoms with Gasteiger partial charge in [-0.1, -0.05) is 60.1 Å². The molecule has 0 atom stereocenters. The molecule has 0 radical (unpaired) electrons. The highest BCUT2D eigenvalue weighted by atomic mass is 35.5. The Hall–Kier alpha value is -3.24. The van der Waals surface area contributed by atoms with Crippen LogP contribution in [0.15, 0.2) is 89.7 Å². The van der Waals surface area contributed by atoms with Crippen LogP contribution < -0.4 is 4.90 Å². The number of benzene rings is 2. The average Bonchev–Trinajstić information content (AvgIpc) is 2.99. The fourth-order valence-electron chi connectivity index (χ4n) is 2.75. The lowest BCUT2D eigenvalue weighted by Gasteiger charge is -2.17. The van der Waals surface area contributed by atoms with E-state index in [9.17, 15) is 4.79 Å². The fraction of sp³-hybridized carbons (Fsp3) is 0. The minimum absolute atomic E-state index is 0.220. The zero-order valence-corrected chi connectivity index (χ0v) is 14.5. The van der Waals surface area contributed by atoms with Gasteiger partial charge in [0.1, 0.15) is 17.4 Å². The number of carbonyl (C=O) groups is 1. The Morgan fingerprint density at radius 1 is 0.923 bits per heavy atom. The van der Waals surface area contributed by atoms with Gasteiger partial charge < -0.3 is 0 Å². The Bertz CT molecular complexity index is 1010. The first kappa shape index (κ1) is 16.2. The topological polar surface area (TPSA) is 45.6 Å². The van der Waals surface area contributed by atoms with Crippen LogP contribution >= 0.6 is 11.6 Å². The van der Waals surface area contributed by atoms with E-state index in [-0.39, 0.29) is 5.91 Å². The van der Waals surface area contributed by atoms with Crippen LogP contribution in [0.4, 0.5) is 5.82 Å². The van der Waals surface area contributed by atoms with Crippen molar-refractivity contribution in [2.45, 2.75) is 0 Å². The molecular weight excluding hydrogens is 346 g/mol. The predicted octanol–water partition coefficient (Wildman–Crippen LogP) is 4.57.